The van der Waals surface area contributed by atoms with Gasteiger partial charge in [-0.25, -0.2) is 0 Å². The summed E-state index contributed by atoms with van der Waals surface area (Å²) in [7, 11) is 0. The summed E-state index contributed by atoms with van der Waals surface area (Å²) < 4.78 is 10.4. The smallest absolute Gasteiger partial charge is 0.306 e. The van der Waals surface area contributed by atoms with Gasteiger partial charge in [-0.2, -0.15) is 0 Å². The number of anilines is 1. The zero-order chi connectivity index (χ0) is 17.4. The first-order chi connectivity index (χ1) is 12.1. The quantitative estimate of drug-likeness (QED) is 0.656. The molecule has 0 radical (unpaired) electrons. The molecule has 2 fully saturated rings. The zero-order valence-electron chi connectivity index (χ0n) is 14.0. The number of amides is 1. The molecular formula is C19H21NO5. The molecule has 2 saturated carbocycles. The van der Waals surface area contributed by atoms with Gasteiger partial charge < -0.3 is 14.8 Å². The summed E-state index contributed by atoms with van der Waals surface area (Å²) in [6, 6.07) is 4.81. The van der Waals surface area contributed by atoms with Crippen molar-refractivity contribution in [2.75, 3.05) is 18.5 Å². The van der Waals surface area contributed by atoms with Crippen LogP contribution in [0, 0.1) is 17.8 Å². The molecule has 0 unspecified atom stereocenters. The van der Waals surface area contributed by atoms with E-state index in [9.17, 15) is 14.4 Å². The van der Waals surface area contributed by atoms with Crippen molar-refractivity contribution in [1.82, 2.24) is 0 Å². The van der Waals surface area contributed by atoms with E-state index in [4.69, 9.17) is 9.47 Å². The van der Waals surface area contributed by atoms with Gasteiger partial charge in [0.15, 0.2) is 19.0 Å². The molecule has 0 aromatic heterocycles. The molecule has 2 bridgehead atoms. The van der Waals surface area contributed by atoms with Crippen LogP contribution in [0.1, 0.15) is 42.5 Å². The van der Waals surface area contributed by atoms with Crippen LogP contribution in [0.25, 0.3) is 0 Å². The van der Waals surface area contributed by atoms with Gasteiger partial charge in [-0.1, -0.05) is 6.42 Å². The van der Waals surface area contributed by atoms with E-state index in [2.05, 4.69) is 5.32 Å². The number of carbonyl (C=O) groups is 3. The molecule has 0 saturated heterocycles. The lowest BCUT2D eigenvalue weighted by Gasteiger charge is -2.20. The largest absolute Gasteiger partial charge is 0.482 e. The van der Waals surface area contributed by atoms with Gasteiger partial charge in [0.1, 0.15) is 5.75 Å². The van der Waals surface area contributed by atoms with Gasteiger partial charge >= 0.3 is 5.97 Å². The normalized spacial score (nSPS) is 26.6. The van der Waals surface area contributed by atoms with Crippen LogP contribution in [0.3, 0.4) is 0 Å². The molecule has 1 aromatic carbocycles. The first-order valence-electron chi connectivity index (χ1n) is 8.84. The first-order valence-corrected chi connectivity index (χ1v) is 8.84. The van der Waals surface area contributed by atoms with Crippen LogP contribution in [0.15, 0.2) is 18.2 Å². The topological polar surface area (TPSA) is 81.7 Å². The average molecular weight is 343 g/mol. The monoisotopic (exact) mass is 343 g/mol. The minimum atomic E-state index is -0.291. The highest BCUT2D eigenvalue weighted by Gasteiger charge is 2.40. The SMILES string of the molecule is O=C1COc2ccc(C(=O)COC(=O)C[C@H]3C[C@@H]4CC[C@@H]3C4)cc2N1. The number of nitrogens with one attached hydrogen (secondary N) is 1. The van der Waals surface area contributed by atoms with E-state index >= 15 is 0 Å². The Morgan fingerprint density at radius 2 is 2.12 bits per heavy atom. The second-order valence-corrected chi connectivity index (χ2v) is 7.27. The first kappa shape index (κ1) is 16.1. The third-order valence-corrected chi connectivity index (χ3v) is 5.61. The number of ketones is 1. The molecule has 0 spiro atoms. The van der Waals surface area contributed by atoms with Gasteiger partial charge in [-0.05, 0) is 55.2 Å². The van der Waals surface area contributed by atoms with Crippen molar-refractivity contribution in [3.05, 3.63) is 23.8 Å². The lowest BCUT2D eigenvalue weighted by molar-refractivity contribution is -0.144. The maximum absolute atomic E-state index is 12.3. The molecule has 25 heavy (non-hydrogen) atoms. The van der Waals surface area contributed by atoms with Crippen LogP contribution in [-0.2, 0) is 14.3 Å². The predicted octanol–water partition coefficient (Wildman–Crippen LogP) is 2.57. The Hall–Kier alpha value is -2.37. The lowest BCUT2D eigenvalue weighted by Crippen LogP contribution is -2.25. The molecule has 1 amide bonds. The van der Waals surface area contributed by atoms with Gasteiger partial charge in [-0.3, -0.25) is 14.4 Å². The van der Waals surface area contributed by atoms with E-state index in [1.54, 1.807) is 18.2 Å². The molecular weight excluding hydrogens is 322 g/mol. The molecule has 1 aromatic rings. The van der Waals surface area contributed by atoms with E-state index in [-0.39, 0.29) is 30.9 Å². The highest BCUT2D eigenvalue weighted by molar-refractivity contribution is 6.01. The predicted molar refractivity (Wildman–Crippen MR) is 89.4 cm³/mol. The molecule has 132 valence electrons. The number of fused-ring (bicyclic) bond motifs is 3. The van der Waals surface area contributed by atoms with E-state index < -0.39 is 0 Å². The number of ether oxygens (including phenoxy) is 2. The Labute approximate surface area is 145 Å². The average Bonchev–Trinajstić information content (AvgIpc) is 3.22. The standard InChI is InChI=1S/C19H21NO5/c21-16(13-3-4-17-15(7-13)20-18(22)10-24-17)9-25-19(23)8-14-6-11-1-2-12(14)5-11/h3-4,7,11-12,14H,1-2,5-6,8-10H2,(H,20,22)/t11-,12-,14-/m1/s1. The molecule has 3 atom stereocenters. The van der Waals surface area contributed by atoms with Crippen molar-refractivity contribution in [2.24, 2.45) is 17.8 Å². The van der Waals surface area contributed by atoms with Crippen LogP contribution in [0.4, 0.5) is 5.69 Å². The van der Waals surface area contributed by atoms with Gasteiger partial charge in [0.2, 0.25) is 0 Å². The molecule has 2 aliphatic carbocycles. The minimum Gasteiger partial charge on any atom is -0.482 e. The molecule has 6 heteroatoms. The summed E-state index contributed by atoms with van der Waals surface area (Å²) in [6.45, 7) is -0.297. The molecule has 6 nitrogen and oxygen atoms in total. The van der Waals surface area contributed by atoms with Crippen molar-refractivity contribution in [2.45, 2.75) is 32.1 Å². The second kappa shape index (κ2) is 6.50. The number of carbonyl (C=O) groups excluding carboxylic acids is 3. The van der Waals surface area contributed by atoms with E-state index in [1.165, 1.54) is 19.3 Å². The number of esters is 1. The van der Waals surface area contributed by atoms with Crippen molar-refractivity contribution >= 4 is 23.3 Å². The van der Waals surface area contributed by atoms with Gasteiger partial charge in [0.25, 0.3) is 5.91 Å². The highest BCUT2D eigenvalue weighted by atomic mass is 16.5. The Balaban J connectivity index is 1.31. The third-order valence-electron chi connectivity index (χ3n) is 5.61. The Morgan fingerprint density at radius 1 is 1.24 bits per heavy atom. The maximum Gasteiger partial charge on any atom is 0.306 e. The molecule has 1 heterocycles. The maximum atomic E-state index is 12.3. The minimum absolute atomic E-state index is 0.0269. The van der Waals surface area contributed by atoms with E-state index in [0.717, 1.165) is 12.3 Å². The van der Waals surface area contributed by atoms with Gasteiger partial charge in [0.05, 0.1) is 5.69 Å². The summed E-state index contributed by atoms with van der Waals surface area (Å²) >= 11 is 0. The van der Waals surface area contributed by atoms with Crippen LogP contribution in [0.2, 0.25) is 0 Å². The van der Waals surface area contributed by atoms with Crippen LogP contribution in [0.5, 0.6) is 5.75 Å². The second-order valence-electron chi connectivity index (χ2n) is 7.27. The number of benzene rings is 1. The van der Waals surface area contributed by atoms with Crippen molar-refractivity contribution in [3.8, 4) is 5.75 Å². The number of hydrogen-bond acceptors (Lipinski definition) is 5. The summed E-state index contributed by atoms with van der Waals surface area (Å²) in [5, 5.41) is 2.66. The summed E-state index contributed by atoms with van der Waals surface area (Å²) in [5.41, 5.74) is 0.854. The van der Waals surface area contributed by atoms with Gasteiger partial charge in [-0.15, -0.1) is 0 Å². The Kier molecular flexibility index (Phi) is 4.19. The fraction of sp³-hybridized carbons (Fsp3) is 0.526. The number of hydrogen-bond donors (Lipinski definition) is 1. The van der Waals surface area contributed by atoms with Crippen molar-refractivity contribution in [1.29, 1.82) is 0 Å². The zero-order valence-corrected chi connectivity index (χ0v) is 14.0. The van der Waals surface area contributed by atoms with Crippen LogP contribution < -0.4 is 10.1 Å². The highest BCUT2D eigenvalue weighted by Crippen LogP contribution is 2.49. The molecule has 3 aliphatic rings. The summed E-state index contributed by atoms with van der Waals surface area (Å²) in [4.78, 5) is 35.6. The molecule has 1 aliphatic heterocycles. The Bertz CT molecular complexity index is 729. The molecule has 4 rings (SSSR count). The number of Topliss-reactive ketones (excluding diaryl/α,β-unsaturated/α-hetero) is 1. The van der Waals surface area contributed by atoms with E-state index in [0.29, 0.717) is 35.3 Å². The number of rotatable bonds is 5. The Morgan fingerprint density at radius 3 is 2.88 bits per heavy atom. The van der Waals surface area contributed by atoms with Crippen LogP contribution in [-0.4, -0.2) is 30.9 Å². The molecule has 1 N–H and O–H groups in total. The lowest BCUT2D eigenvalue weighted by atomic mass is 9.86. The fourth-order valence-corrected chi connectivity index (χ4v) is 4.39. The van der Waals surface area contributed by atoms with Crippen molar-refractivity contribution in [3.63, 3.8) is 0 Å². The van der Waals surface area contributed by atoms with Crippen molar-refractivity contribution < 1.29 is 23.9 Å². The van der Waals surface area contributed by atoms with Gasteiger partial charge in [0, 0.05) is 12.0 Å². The summed E-state index contributed by atoms with van der Waals surface area (Å²) in [5.74, 6) is 1.58. The van der Waals surface area contributed by atoms with E-state index in [1.807, 2.05) is 0 Å². The summed E-state index contributed by atoms with van der Waals surface area (Å²) in [6.07, 6.45) is 5.32. The van der Waals surface area contributed by atoms with Crippen LogP contribution >= 0.6 is 0 Å². The fourth-order valence-electron chi connectivity index (χ4n) is 4.39. The third kappa shape index (κ3) is 3.38.